The third kappa shape index (κ3) is 1.84. The Kier molecular flexibility index (Phi) is 2.91. The summed E-state index contributed by atoms with van der Waals surface area (Å²) < 4.78 is 2.31. The molecule has 0 spiro atoms. The molecule has 2 heteroatoms. The van der Waals surface area contributed by atoms with Gasteiger partial charge in [-0.1, -0.05) is 0 Å². The minimum absolute atomic E-state index is 0.146. The first kappa shape index (κ1) is 11.5. The van der Waals surface area contributed by atoms with E-state index < -0.39 is 0 Å². The Morgan fingerprint density at radius 2 is 1.61 bits per heavy atom. The molecule has 0 fully saturated rings. The van der Waals surface area contributed by atoms with Crippen molar-refractivity contribution >= 4 is 29.9 Å². The second kappa shape index (κ2) is 4.56. The molecule has 0 saturated heterocycles. The second-order valence-corrected chi connectivity index (χ2v) is 6.43. The fraction of sp³-hybridized carbons (Fsp3) is 0.0625. The predicted molar refractivity (Wildman–Crippen MR) is 76.3 cm³/mol. The Morgan fingerprint density at radius 3 is 2.33 bits per heavy atom. The monoisotopic (exact) mass is 300 g/mol. The van der Waals surface area contributed by atoms with Crippen LogP contribution in [0.3, 0.4) is 0 Å². The third-order valence-electron chi connectivity index (χ3n) is 2.98. The second-order valence-electron chi connectivity index (χ2n) is 4.22. The molecule has 0 atom stereocenters. The average molecular weight is 299 g/mol. The first-order valence-electron chi connectivity index (χ1n) is 5.85. The van der Waals surface area contributed by atoms with Crippen molar-refractivity contribution in [3.8, 4) is 11.1 Å². The number of carbonyl (C=O) groups excluding carboxylic acids is 1. The van der Waals surface area contributed by atoms with Crippen molar-refractivity contribution in [2.75, 3.05) is 0 Å². The summed E-state index contributed by atoms with van der Waals surface area (Å²) >= 11 is 0.146. The van der Waals surface area contributed by atoms with Gasteiger partial charge in [0.25, 0.3) is 0 Å². The molecule has 3 rings (SSSR count). The van der Waals surface area contributed by atoms with Crippen LogP contribution in [0.5, 0.6) is 0 Å². The van der Waals surface area contributed by atoms with Gasteiger partial charge in [0.15, 0.2) is 0 Å². The quantitative estimate of drug-likeness (QED) is 0.520. The third-order valence-corrected chi connectivity index (χ3v) is 5.65. The Labute approximate surface area is 112 Å². The molecule has 0 N–H and O–H groups in total. The van der Waals surface area contributed by atoms with Crippen LogP contribution in [-0.2, 0) is 0 Å². The van der Waals surface area contributed by atoms with Crippen LogP contribution in [0.1, 0.15) is 16.2 Å². The van der Waals surface area contributed by atoms with Gasteiger partial charge in [-0.05, 0) is 0 Å². The zero-order valence-corrected chi connectivity index (χ0v) is 11.7. The Hall–Kier alpha value is -1.63. The van der Waals surface area contributed by atoms with Crippen molar-refractivity contribution in [3.63, 3.8) is 0 Å². The van der Waals surface area contributed by atoms with Crippen molar-refractivity contribution in [1.82, 2.24) is 0 Å². The van der Waals surface area contributed by atoms with Gasteiger partial charge in [-0.25, -0.2) is 0 Å². The maximum absolute atomic E-state index is 11.9. The van der Waals surface area contributed by atoms with Crippen LogP contribution >= 0.6 is 0 Å². The topological polar surface area (TPSA) is 17.1 Å². The van der Waals surface area contributed by atoms with Crippen molar-refractivity contribution in [3.05, 3.63) is 59.0 Å². The molecule has 18 heavy (non-hydrogen) atoms. The number of hydrogen-bond acceptors (Lipinski definition) is 1. The van der Waals surface area contributed by atoms with Crippen LogP contribution in [0.2, 0.25) is 0 Å². The molecule has 1 aromatic heterocycles. The van der Waals surface area contributed by atoms with Crippen molar-refractivity contribution in [2.24, 2.45) is 0 Å². The molecule has 0 aliphatic rings. The zero-order chi connectivity index (χ0) is 12.5. The van der Waals surface area contributed by atoms with E-state index in [-0.39, 0.29) is 20.3 Å². The number of carbonyl (C=O) groups is 1. The van der Waals surface area contributed by atoms with Gasteiger partial charge in [0, 0.05) is 0 Å². The number of ketones is 1. The summed E-state index contributed by atoms with van der Waals surface area (Å²) in [4.78, 5) is 11.9. The van der Waals surface area contributed by atoms with Gasteiger partial charge in [0.2, 0.25) is 0 Å². The minimum atomic E-state index is 0.146. The molecule has 0 amide bonds. The average Bonchev–Trinajstić information content (AvgIpc) is 2.79. The molecule has 88 valence electrons. The van der Waals surface area contributed by atoms with Crippen molar-refractivity contribution < 1.29 is 4.79 Å². The first-order valence-corrected chi connectivity index (χ1v) is 7.56. The van der Waals surface area contributed by atoms with Crippen LogP contribution in [0.4, 0.5) is 0 Å². The van der Waals surface area contributed by atoms with Gasteiger partial charge < -0.3 is 0 Å². The van der Waals surface area contributed by atoms with Crippen LogP contribution < -0.4 is 0 Å². The van der Waals surface area contributed by atoms with E-state index in [1.165, 1.54) is 9.65 Å². The Bertz CT molecular complexity index is 710. The summed E-state index contributed by atoms with van der Waals surface area (Å²) in [5.74, 6) is 0.199. The standard InChI is InChI=1S/C16H12OSe/c1-11(17)16-15(12-7-3-2-4-8-12)13-9-5-6-10-14(13)18-16/h2-10H,1H3. The van der Waals surface area contributed by atoms with E-state index in [0.717, 1.165) is 15.6 Å². The first-order chi connectivity index (χ1) is 8.77. The van der Waals surface area contributed by atoms with Gasteiger partial charge in [-0.2, -0.15) is 0 Å². The van der Waals surface area contributed by atoms with Gasteiger partial charge in [-0.3, -0.25) is 0 Å². The number of rotatable bonds is 2. The predicted octanol–water partition coefficient (Wildman–Crippen LogP) is 3.77. The summed E-state index contributed by atoms with van der Waals surface area (Å²) in [6.45, 7) is 1.67. The molecule has 2 aromatic carbocycles. The van der Waals surface area contributed by atoms with Crippen molar-refractivity contribution in [1.29, 1.82) is 0 Å². The van der Waals surface area contributed by atoms with E-state index in [9.17, 15) is 4.79 Å². The fourth-order valence-electron chi connectivity index (χ4n) is 2.18. The molecule has 3 aromatic rings. The molecular weight excluding hydrogens is 287 g/mol. The molecule has 0 radical (unpaired) electrons. The Balaban J connectivity index is 2.38. The number of benzene rings is 2. The van der Waals surface area contributed by atoms with Gasteiger partial charge in [-0.15, -0.1) is 0 Å². The number of fused-ring (bicyclic) bond motifs is 1. The van der Waals surface area contributed by atoms with Crippen LogP contribution in [0.15, 0.2) is 54.6 Å². The Morgan fingerprint density at radius 1 is 0.944 bits per heavy atom. The SMILES string of the molecule is CC(=O)c1[se]c2ccccc2c1-c1ccccc1. The number of Topliss-reactive ketones (excluding diaryl/α,β-unsaturated/α-hetero) is 1. The van der Waals surface area contributed by atoms with Crippen LogP contribution in [-0.4, -0.2) is 20.3 Å². The van der Waals surface area contributed by atoms with Gasteiger partial charge >= 0.3 is 112 Å². The summed E-state index contributed by atoms with van der Waals surface area (Å²) in [5.41, 5.74) is 2.29. The molecule has 0 bridgehead atoms. The summed E-state index contributed by atoms with van der Waals surface area (Å²) in [6, 6.07) is 18.6. The molecule has 0 aliphatic carbocycles. The van der Waals surface area contributed by atoms with Gasteiger partial charge in [0.1, 0.15) is 0 Å². The van der Waals surface area contributed by atoms with E-state index in [1.54, 1.807) is 6.92 Å². The summed E-state index contributed by atoms with van der Waals surface area (Å²) in [6.07, 6.45) is 0. The summed E-state index contributed by atoms with van der Waals surface area (Å²) in [7, 11) is 0. The van der Waals surface area contributed by atoms with E-state index in [4.69, 9.17) is 0 Å². The molecular formula is C16H12OSe. The van der Waals surface area contributed by atoms with Crippen molar-refractivity contribution in [2.45, 2.75) is 6.92 Å². The zero-order valence-electron chi connectivity index (χ0n) is 10.0. The van der Waals surface area contributed by atoms with Crippen LogP contribution in [0.25, 0.3) is 20.8 Å². The van der Waals surface area contributed by atoms with E-state index in [2.05, 4.69) is 24.3 Å². The van der Waals surface area contributed by atoms with E-state index in [1.807, 2.05) is 30.3 Å². The molecule has 0 unspecified atom stereocenters. The molecule has 1 heterocycles. The number of hydrogen-bond donors (Lipinski definition) is 0. The van der Waals surface area contributed by atoms with E-state index in [0.29, 0.717) is 0 Å². The van der Waals surface area contributed by atoms with E-state index >= 15 is 0 Å². The summed E-state index contributed by atoms with van der Waals surface area (Å²) in [5, 5.41) is 1.23. The molecule has 0 saturated carbocycles. The molecule has 0 aliphatic heterocycles. The van der Waals surface area contributed by atoms with Gasteiger partial charge in [0.05, 0.1) is 0 Å². The fourth-order valence-corrected chi connectivity index (χ4v) is 4.54. The maximum atomic E-state index is 11.9. The van der Waals surface area contributed by atoms with Crippen LogP contribution in [0, 0.1) is 0 Å². The normalized spacial score (nSPS) is 10.7. The molecule has 1 nitrogen and oxygen atoms in total.